The zero-order chi connectivity index (χ0) is 16.6. The first-order valence-corrected chi connectivity index (χ1v) is 8.86. The average molecular weight is 392 g/mol. The molecule has 7 heteroatoms. The van der Waals surface area contributed by atoms with Gasteiger partial charge in [0.25, 0.3) is 0 Å². The minimum absolute atomic E-state index is 0.121. The Labute approximate surface area is 147 Å². The van der Waals surface area contributed by atoms with Gasteiger partial charge in [-0.15, -0.1) is 0 Å². The summed E-state index contributed by atoms with van der Waals surface area (Å²) < 4.78 is 12.6. The van der Waals surface area contributed by atoms with E-state index in [1.807, 2.05) is 24.4 Å². The number of benzene rings is 1. The van der Waals surface area contributed by atoms with Crippen LogP contribution in [-0.4, -0.2) is 41.0 Å². The van der Waals surface area contributed by atoms with Gasteiger partial charge < -0.3 is 25.1 Å². The van der Waals surface area contributed by atoms with Crippen LogP contribution in [0.3, 0.4) is 0 Å². The molecule has 1 aromatic carbocycles. The number of amides is 2. The van der Waals surface area contributed by atoms with Crippen LogP contribution < -0.4 is 10.6 Å². The van der Waals surface area contributed by atoms with Crippen LogP contribution in [0.4, 0.5) is 10.5 Å². The fourth-order valence-electron chi connectivity index (χ4n) is 4.59. The van der Waals surface area contributed by atoms with Crippen LogP contribution in [0, 0.1) is 0 Å². The first-order chi connectivity index (χ1) is 11.4. The summed E-state index contributed by atoms with van der Waals surface area (Å²) in [5.74, 6) is 0. The second kappa shape index (κ2) is 4.53. The number of urea groups is 1. The van der Waals surface area contributed by atoms with Crippen molar-refractivity contribution in [3.63, 3.8) is 0 Å². The number of fused-ring (bicyclic) bond motifs is 1. The highest BCUT2D eigenvalue weighted by Gasteiger charge is 2.76. The van der Waals surface area contributed by atoms with E-state index < -0.39 is 0 Å². The molecule has 0 atom stereocenters. The Bertz CT molecular complexity index is 852. The summed E-state index contributed by atoms with van der Waals surface area (Å²) >= 11 is 3.45. The summed E-state index contributed by atoms with van der Waals surface area (Å²) in [6.45, 7) is 3.23. The Balaban J connectivity index is 1.36. The highest BCUT2D eigenvalue weighted by Crippen LogP contribution is 2.62. The number of halogens is 1. The number of rotatable bonds is 2. The molecular weight excluding hydrogens is 374 g/mol. The molecule has 6 nitrogen and oxygen atoms in total. The topological polar surface area (TPSA) is 75.4 Å². The fourth-order valence-corrected chi connectivity index (χ4v) is 4.95. The zero-order valence-electron chi connectivity index (χ0n) is 13.2. The van der Waals surface area contributed by atoms with Crippen LogP contribution in [0.2, 0.25) is 0 Å². The summed E-state index contributed by atoms with van der Waals surface area (Å²) in [6.07, 6.45) is 3.50. The molecule has 0 radical (unpaired) electrons. The van der Waals surface area contributed by atoms with E-state index in [-0.39, 0.29) is 22.8 Å². The van der Waals surface area contributed by atoms with Crippen molar-refractivity contribution in [1.29, 1.82) is 0 Å². The maximum Gasteiger partial charge on any atom is 0.319 e. The summed E-state index contributed by atoms with van der Waals surface area (Å²) in [4.78, 5) is 15.8. The van der Waals surface area contributed by atoms with Gasteiger partial charge in [-0.3, -0.25) is 0 Å². The van der Waals surface area contributed by atoms with Crippen LogP contribution in [0.5, 0.6) is 0 Å². The molecule has 1 aromatic heterocycles. The van der Waals surface area contributed by atoms with Crippen molar-refractivity contribution in [2.24, 2.45) is 0 Å². The van der Waals surface area contributed by atoms with Crippen molar-refractivity contribution >= 4 is 38.6 Å². The van der Waals surface area contributed by atoms with E-state index in [2.05, 4.69) is 38.5 Å². The Morgan fingerprint density at radius 2 is 2.12 bits per heavy atom. The van der Waals surface area contributed by atoms with Crippen LogP contribution >= 0.6 is 15.9 Å². The molecule has 3 N–H and O–H groups in total. The SMILES string of the molecule is CC12CC(NC(=O)Nc3c[nH]c4cc(Br)ccc34)(C1)C1(COC1)O2. The van der Waals surface area contributed by atoms with Gasteiger partial charge >= 0.3 is 6.03 Å². The van der Waals surface area contributed by atoms with Gasteiger partial charge in [-0.1, -0.05) is 15.9 Å². The van der Waals surface area contributed by atoms with E-state index in [1.165, 1.54) is 0 Å². The molecule has 6 rings (SSSR count). The van der Waals surface area contributed by atoms with Crippen LogP contribution in [0.25, 0.3) is 10.9 Å². The molecular formula is C17H18BrN3O3. The Morgan fingerprint density at radius 3 is 2.83 bits per heavy atom. The molecule has 4 aliphatic rings. The highest BCUT2D eigenvalue weighted by molar-refractivity contribution is 9.10. The number of nitrogens with one attached hydrogen (secondary N) is 3. The molecule has 4 fully saturated rings. The monoisotopic (exact) mass is 391 g/mol. The van der Waals surface area contributed by atoms with E-state index in [4.69, 9.17) is 9.47 Å². The molecule has 2 aromatic rings. The lowest BCUT2D eigenvalue weighted by Gasteiger charge is -2.50. The third-order valence-corrected chi connectivity index (χ3v) is 6.07. The zero-order valence-corrected chi connectivity index (χ0v) is 14.8. The lowest BCUT2D eigenvalue weighted by molar-refractivity contribution is -0.204. The summed E-state index contributed by atoms with van der Waals surface area (Å²) in [5, 5.41) is 7.12. The van der Waals surface area contributed by atoms with Gasteiger partial charge in [-0.2, -0.15) is 0 Å². The lowest BCUT2D eigenvalue weighted by Crippen LogP contribution is -2.71. The van der Waals surface area contributed by atoms with Crippen molar-refractivity contribution in [3.8, 4) is 0 Å². The Hall–Kier alpha value is -1.57. The number of carbonyl (C=O) groups excluding carboxylic acids is 1. The smallest absolute Gasteiger partial charge is 0.319 e. The minimum Gasteiger partial charge on any atom is -0.375 e. The van der Waals surface area contributed by atoms with Gasteiger partial charge in [0.1, 0.15) is 5.60 Å². The first kappa shape index (κ1) is 14.7. The number of carbonyl (C=O) groups is 1. The molecule has 126 valence electrons. The van der Waals surface area contributed by atoms with Gasteiger partial charge in [-0.05, 0) is 25.1 Å². The average Bonchev–Trinajstić information content (AvgIpc) is 3.03. The second-order valence-corrected chi connectivity index (χ2v) is 8.36. The molecule has 1 saturated carbocycles. The number of aromatic amines is 1. The first-order valence-electron chi connectivity index (χ1n) is 8.07. The molecule has 1 aliphatic carbocycles. The summed E-state index contributed by atoms with van der Waals surface area (Å²) in [6, 6.07) is 5.72. The largest absolute Gasteiger partial charge is 0.375 e. The third-order valence-electron chi connectivity index (χ3n) is 5.58. The van der Waals surface area contributed by atoms with Crippen molar-refractivity contribution in [3.05, 3.63) is 28.9 Å². The predicted molar refractivity (Wildman–Crippen MR) is 93.2 cm³/mol. The molecule has 1 spiro atoms. The molecule has 3 aliphatic heterocycles. The van der Waals surface area contributed by atoms with E-state index >= 15 is 0 Å². The van der Waals surface area contributed by atoms with E-state index in [1.54, 1.807) is 0 Å². The number of hydrogen-bond donors (Lipinski definition) is 3. The maximum atomic E-state index is 12.6. The van der Waals surface area contributed by atoms with E-state index in [0.717, 1.165) is 33.9 Å². The van der Waals surface area contributed by atoms with E-state index in [0.29, 0.717) is 13.2 Å². The highest BCUT2D eigenvalue weighted by atomic mass is 79.9. The minimum atomic E-state index is -0.343. The molecule has 2 bridgehead atoms. The number of ether oxygens (including phenoxy) is 2. The number of aromatic nitrogens is 1. The van der Waals surface area contributed by atoms with Crippen molar-refractivity contribution in [2.45, 2.75) is 36.5 Å². The normalized spacial score (nSPS) is 32.4. The van der Waals surface area contributed by atoms with Crippen molar-refractivity contribution < 1.29 is 14.3 Å². The molecule has 0 unspecified atom stereocenters. The van der Waals surface area contributed by atoms with Crippen molar-refractivity contribution in [1.82, 2.24) is 10.3 Å². The molecule has 2 amide bonds. The van der Waals surface area contributed by atoms with E-state index in [9.17, 15) is 4.79 Å². The number of anilines is 1. The fraction of sp³-hybridized carbons (Fsp3) is 0.471. The van der Waals surface area contributed by atoms with Gasteiger partial charge in [0.2, 0.25) is 0 Å². The summed E-state index contributed by atoms with van der Waals surface area (Å²) in [5.41, 5.74) is 0.974. The van der Waals surface area contributed by atoms with Gasteiger partial charge in [0.15, 0.2) is 0 Å². The van der Waals surface area contributed by atoms with Crippen LogP contribution in [0.15, 0.2) is 28.9 Å². The van der Waals surface area contributed by atoms with Crippen LogP contribution in [0.1, 0.15) is 19.8 Å². The standard InChI is InChI=1S/C17H18BrN3O3/c1-15-6-16(7-15,17(24-15)8-23-9-17)21-14(22)20-13-5-19-12-4-10(18)2-3-11(12)13/h2-5,19H,6-9H2,1H3,(H2,20,21,22). The molecule has 24 heavy (non-hydrogen) atoms. The van der Waals surface area contributed by atoms with Crippen LogP contribution in [-0.2, 0) is 9.47 Å². The number of hydrogen-bond acceptors (Lipinski definition) is 3. The van der Waals surface area contributed by atoms with Gasteiger partial charge in [0, 0.05) is 34.4 Å². The molecule has 3 saturated heterocycles. The summed E-state index contributed by atoms with van der Waals surface area (Å²) in [7, 11) is 0. The second-order valence-electron chi connectivity index (χ2n) is 7.45. The van der Waals surface area contributed by atoms with Gasteiger partial charge in [0.05, 0.1) is 30.0 Å². The molecule has 4 heterocycles. The quantitative estimate of drug-likeness (QED) is 0.735. The lowest BCUT2D eigenvalue weighted by atomic mass is 9.62. The Morgan fingerprint density at radius 1 is 1.33 bits per heavy atom. The predicted octanol–water partition coefficient (Wildman–Crippen LogP) is 3.14. The number of H-pyrrole nitrogens is 1. The van der Waals surface area contributed by atoms with Gasteiger partial charge in [-0.25, -0.2) is 4.79 Å². The maximum absolute atomic E-state index is 12.6. The van der Waals surface area contributed by atoms with Crippen molar-refractivity contribution in [2.75, 3.05) is 18.5 Å². The Kier molecular flexibility index (Phi) is 2.78. The third kappa shape index (κ3) is 1.86.